The van der Waals surface area contributed by atoms with E-state index in [1.165, 1.54) is 12.1 Å². The molecule has 8 heteroatoms. The number of carbonyl (C=O) groups is 1. The number of benzene rings is 1. The third-order valence-corrected chi connectivity index (χ3v) is 4.40. The van der Waals surface area contributed by atoms with Crippen LogP contribution in [-0.4, -0.2) is 34.0 Å². The zero-order chi connectivity index (χ0) is 17.2. The second kappa shape index (κ2) is 7.93. The Kier molecular flexibility index (Phi) is 6.13. The fourth-order valence-corrected chi connectivity index (χ4v) is 2.93. The summed E-state index contributed by atoms with van der Waals surface area (Å²) in [5.41, 5.74) is 0.261. The zero-order valence-electron chi connectivity index (χ0n) is 14.3. The highest BCUT2D eigenvalue weighted by Gasteiger charge is 2.26. The van der Waals surface area contributed by atoms with Crippen LogP contribution in [0.3, 0.4) is 0 Å². The predicted octanol–water partition coefficient (Wildman–Crippen LogP) is 2.43. The molecule has 0 atom stereocenters. The second-order valence-electron chi connectivity index (χ2n) is 6.65. The minimum atomic E-state index is -0.711. The molecule has 6 nitrogen and oxygen atoms in total. The van der Waals surface area contributed by atoms with Gasteiger partial charge in [-0.1, -0.05) is 17.3 Å². The Bertz CT molecular complexity index is 727. The molecule has 2 N–H and O–H groups in total. The third-order valence-electron chi connectivity index (χ3n) is 4.40. The van der Waals surface area contributed by atoms with Crippen LogP contribution in [-0.2, 0) is 5.54 Å². The summed E-state index contributed by atoms with van der Waals surface area (Å²) >= 11 is 0. The normalized spacial score (nSPS) is 15.5. The van der Waals surface area contributed by atoms with Crippen LogP contribution >= 0.6 is 12.4 Å². The summed E-state index contributed by atoms with van der Waals surface area (Å²) < 4.78 is 15.2. The summed E-state index contributed by atoms with van der Waals surface area (Å²) in [6, 6.07) is 6.50. The van der Waals surface area contributed by atoms with Gasteiger partial charge in [-0.15, -0.1) is 17.5 Å². The first-order valence-corrected chi connectivity index (χ1v) is 8.17. The van der Waals surface area contributed by atoms with Gasteiger partial charge >= 0.3 is 0 Å². The van der Waals surface area contributed by atoms with Gasteiger partial charge in [-0.05, 0) is 57.5 Å². The number of hydrogen-bond acceptors (Lipinski definition) is 4. The van der Waals surface area contributed by atoms with Crippen LogP contribution in [0.15, 0.2) is 30.5 Å². The molecule has 1 amide bonds. The molecule has 0 spiro atoms. The van der Waals surface area contributed by atoms with Gasteiger partial charge in [0.25, 0.3) is 5.91 Å². The average Bonchev–Trinajstić information content (AvgIpc) is 3.05. The smallest absolute Gasteiger partial charge is 0.274 e. The third kappa shape index (κ3) is 4.55. The Hall–Kier alpha value is -1.99. The molecular weight excluding hydrogens is 345 g/mol. The van der Waals surface area contributed by atoms with Gasteiger partial charge in [0.05, 0.1) is 17.8 Å². The van der Waals surface area contributed by atoms with E-state index in [4.69, 9.17) is 0 Å². The van der Waals surface area contributed by atoms with Crippen molar-refractivity contribution in [3.05, 3.63) is 47.5 Å². The molecule has 0 saturated carbocycles. The summed E-state index contributed by atoms with van der Waals surface area (Å²) in [6.07, 6.45) is 3.63. The Morgan fingerprint density at radius 2 is 2.08 bits per heavy atom. The second-order valence-corrected chi connectivity index (χ2v) is 6.65. The quantitative estimate of drug-likeness (QED) is 0.870. The van der Waals surface area contributed by atoms with Gasteiger partial charge in [0.2, 0.25) is 0 Å². The van der Waals surface area contributed by atoms with Crippen molar-refractivity contribution in [1.82, 2.24) is 25.6 Å². The summed E-state index contributed by atoms with van der Waals surface area (Å²) in [5.74, 6) is -0.642. The van der Waals surface area contributed by atoms with E-state index in [0.717, 1.165) is 25.9 Å². The molecule has 1 aliphatic heterocycles. The van der Waals surface area contributed by atoms with Crippen molar-refractivity contribution in [3.8, 4) is 0 Å². The van der Waals surface area contributed by atoms with Crippen molar-refractivity contribution in [2.45, 2.75) is 38.3 Å². The highest BCUT2D eigenvalue weighted by atomic mass is 35.5. The lowest BCUT2D eigenvalue weighted by atomic mass is 9.94. The molecule has 0 unspecified atom stereocenters. The van der Waals surface area contributed by atoms with Gasteiger partial charge in [-0.2, -0.15) is 0 Å². The summed E-state index contributed by atoms with van der Waals surface area (Å²) in [6.45, 7) is 5.55. The number of nitrogens with one attached hydrogen (secondary N) is 2. The largest absolute Gasteiger partial charge is 0.342 e. The molecule has 1 aliphatic rings. The standard InChI is InChI=1S/C17H22FN5O.ClH/c1-17(2,12-4-3-5-13(18)10-12)20-16(24)15-11-23(22-21-15)14-6-8-19-9-7-14;/h3-5,10-11,14,19H,6-9H2,1-2H3,(H,20,24);1H. The van der Waals surface area contributed by atoms with Crippen molar-refractivity contribution in [2.75, 3.05) is 13.1 Å². The van der Waals surface area contributed by atoms with Crippen LogP contribution in [0.5, 0.6) is 0 Å². The van der Waals surface area contributed by atoms with Crippen LogP contribution in [0, 0.1) is 5.82 Å². The van der Waals surface area contributed by atoms with Gasteiger partial charge in [0.1, 0.15) is 5.82 Å². The van der Waals surface area contributed by atoms with Gasteiger partial charge in [-0.25, -0.2) is 9.07 Å². The topological polar surface area (TPSA) is 71.8 Å². The summed E-state index contributed by atoms with van der Waals surface area (Å²) in [5, 5.41) is 14.3. The molecular formula is C17H23ClFN5O. The highest BCUT2D eigenvalue weighted by Crippen LogP contribution is 2.22. The number of amides is 1. The first kappa shape index (κ1) is 19.3. The van der Waals surface area contributed by atoms with E-state index in [-0.39, 0.29) is 35.9 Å². The molecule has 3 rings (SSSR count). The highest BCUT2D eigenvalue weighted by molar-refractivity contribution is 5.92. The Labute approximate surface area is 152 Å². The van der Waals surface area contributed by atoms with Gasteiger partial charge in [0.15, 0.2) is 5.69 Å². The van der Waals surface area contributed by atoms with E-state index >= 15 is 0 Å². The lowest BCUT2D eigenvalue weighted by Crippen LogP contribution is -2.41. The summed E-state index contributed by atoms with van der Waals surface area (Å²) in [7, 11) is 0. The van der Waals surface area contributed by atoms with Crippen molar-refractivity contribution < 1.29 is 9.18 Å². The fraction of sp³-hybridized carbons (Fsp3) is 0.471. The molecule has 2 heterocycles. The zero-order valence-corrected chi connectivity index (χ0v) is 15.1. The molecule has 1 fully saturated rings. The van der Waals surface area contributed by atoms with Gasteiger partial charge in [-0.3, -0.25) is 4.79 Å². The van der Waals surface area contributed by atoms with Crippen LogP contribution in [0.4, 0.5) is 4.39 Å². The number of halogens is 2. The van der Waals surface area contributed by atoms with E-state index < -0.39 is 5.54 Å². The molecule has 0 aliphatic carbocycles. The first-order chi connectivity index (χ1) is 11.5. The molecule has 0 radical (unpaired) electrons. The van der Waals surface area contributed by atoms with Crippen molar-refractivity contribution in [1.29, 1.82) is 0 Å². The average molecular weight is 368 g/mol. The van der Waals surface area contributed by atoms with Gasteiger partial charge < -0.3 is 10.6 Å². The Morgan fingerprint density at radius 1 is 1.36 bits per heavy atom. The molecule has 1 saturated heterocycles. The molecule has 136 valence electrons. The number of hydrogen-bond donors (Lipinski definition) is 2. The number of piperidine rings is 1. The molecule has 2 aromatic rings. The maximum absolute atomic E-state index is 13.4. The number of nitrogens with zero attached hydrogens (tertiary/aromatic N) is 3. The predicted molar refractivity (Wildman–Crippen MR) is 95.3 cm³/mol. The maximum Gasteiger partial charge on any atom is 0.274 e. The minimum Gasteiger partial charge on any atom is -0.342 e. The summed E-state index contributed by atoms with van der Waals surface area (Å²) in [4.78, 5) is 12.5. The van der Waals surface area contributed by atoms with Crippen LogP contribution in [0.1, 0.15) is 48.8 Å². The Balaban J connectivity index is 0.00000225. The Morgan fingerprint density at radius 3 is 2.76 bits per heavy atom. The van der Waals surface area contributed by atoms with Crippen LogP contribution in [0.25, 0.3) is 0 Å². The lowest BCUT2D eigenvalue weighted by Gasteiger charge is -2.26. The van der Waals surface area contributed by atoms with Crippen LogP contribution < -0.4 is 10.6 Å². The molecule has 1 aromatic heterocycles. The maximum atomic E-state index is 13.4. The van der Waals surface area contributed by atoms with E-state index in [0.29, 0.717) is 5.56 Å². The lowest BCUT2D eigenvalue weighted by molar-refractivity contribution is 0.0906. The number of rotatable bonds is 4. The van der Waals surface area contributed by atoms with Crippen molar-refractivity contribution in [3.63, 3.8) is 0 Å². The molecule has 0 bridgehead atoms. The monoisotopic (exact) mass is 367 g/mol. The fourth-order valence-electron chi connectivity index (χ4n) is 2.93. The van der Waals surface area contributed by atoms with E-state index in [1.54, 1.807) is 23.0 Å². The van der Waals surface area contributed by atoms with Crippen molar-refractivity contribution in [2.24, 2.45) is 0 Å². The van der Waals surface area contributed by atoms with Crippen molar-refractivity contribution >= 4 is 18.3 Å². The number of aromatic nitrogens is 3. The molecule has 25 heavy (non-hydrogen) atoms. The minimum absolute atomic E-state index is 0. The van der Waals surface area contributed by atoms with Gasteiger partial charge in [0, 0.05) is 0 Å². The first-order valence-electron chi connectivity index (χ1n) is 8.17. The van der Waals surface area contributed by atoms with E-state index in [9.17, 15) is 9.18 Å². The molecule has 1 aromatic carbocycles. The SMILES string of the molecule is CC(C)(NC(=O)c1cn(C2CCNCC2)nn1)c1cccc(F)c1.Cl. The van der Waals surface area contributed by atoms with E-state index in [1.807, 2.05) is 13.8 Å². The van der Waals surface area contributed by atoms with Crippen LogP contribution in [0.2, 0.25) is 0 Å². The number of carbonyl (C=O) groups excluding carboxylic acids is 1. The van der Waals surface area contributed by atoms with E-state index in [2.05, 4.69) is 20.9 Å².